The molecule has 1 fully saturated rings. The lowest BCUT2D eigenvalue weighted by molar-refractivity contribution is 0.296. The van der Waals surface area contributed by atoms with E-state index in [1.165, 1.54) is 0 Å². The Hall–Kier alpha value is -2.85. The second-order valence-corrected chi connectivity index (χ2v) is 5.47. The van der Waals surface area contributed by atoms with Gasteiger partial charge in [-0.3, -0.25) is 4.79 Å². The molecule has 0 radical (unpaired) electrons. The number of ether oxygens (including phenoxy) is 1. The summed E-state index contributed by atoms with van der Waals surface area (Å²) in [7, 11) is 0. The molecule has 0 bridgehead atoms. The number of hydrogen-bond acceptors (Lipinski definition) is 6. The Bertz CT molecular complexity index is 773. The average molecular weight is 325 g/mol. The predicted molar refractivity (Wildman–Crippen MR) is 90.2 cm³/mol. The zero-order valence-electron chi connectivity index (χ0n) is 13.3. The van der Waals surface area contributed by atoms with Gasteiger partial charge in [0.2, 0.25) is 0 Å². The van der Waals surface area contributed by atoms with Crippen LogP contribution in [0.25, 0.3) is 0 Å². The molecule has 1 aromatic heterocycles. The Morgan fingerprint density at radius 2 is 2.00 bits per heavy atom. The SMILES string of the molecule is N#Cc1ccc(OCCn2ccnc(N3CCNCC3)c2=O)cc1. The number of rotatable bonds is 5. The highest BCUT2D eigenvalue weighted by molar-refractivity contribution is 5.36. The molecule has 2 aromatic rings. The molecule has 0 unspecified atom stereocenters. The van der Waals surface area contributed by atoms with Crippen LogP contribution < -0.4 is 20.5 Å². The zero-order valence-corrected chi connectivity index (χ0v) is 13.3. The van der Waals surface area contributed by atoms with E-state index in [1.807, 2.05) is 4.90 Å². The molecular formula is C17H19N5O2. The van der Waals surface area contributed by atoms with Gasteiger partial charge in [-0.15, -0.1) is 0 Å². The highest BCUT2D eigenvalue weighted by Crippen LogP contribution is 2.11. The van der Waals surface area contributed by atoms with Crippen LogP contribution in [-0.4, -0.2) is 42.3 Å². The minimum atomic E-state index is -0.0946. The number of aromatic nitrogens is 2. The molecule has 3 rings (SSSR count). The molecule has 0 amide bonds. The van der Waals surface area contributed by atoms with Gasteiger partial charge in [-0.1, -0.05) is 0 Å². The minimum absolute atomic E-state index is 0.0946. The average Bonchev–Trinajstić information content (AvgIpc) is 2.64. The molecule has 124 valence electrons. The number of anilines is 1. The molecule has 7 heteroatoms. The van der Waals surface area contributed by atoms with Crippen molar-refractivity contribution < 1.29 is 4.74 Å². The molecule has 24 heavy (non-hydrogen) atoms. The summed E-state index contributed by atoms with van der Waals surface area (Å²) in [5, 5.41) is 12.0. The first-order chi connectivity index (χ1) is 11.8. The topological polar surface area (TPSA) is 83.2 Å². The monoisotopic (exact) mass is 325 g/mol. The molecule has 1 saturated heterocycles. The number of nitriles is 1. The number of hydrogen-bond donors (Lipinski definition) is 1. The van der Waals surface area contributed by atoms with Crippen LogP contribution in [-0.2, 0) is 6.54 Å². The Morgan fingerprint density at radius 3 is 2.71 bits per heavy atom. The van der Waals surface area contributed by atoms with E-state index in [2.05, 4.69) is 16.4 Å². The van der Waals surface area contributed by atoms with E-state index >= 15 is 0 Å². The second-order valence-electron chi connectivity index (χ2n) is 5.47. The third kappa shape index (κ3) is 3.73. The van der Waals surface area contributed by atoms with Gasteiger partial charge in [-0.25, -0.2) is 4.98 Å². The van der Waals surface area contributed by atoms with Crippen LogP contribution in [0.5, 0.6) is 5.75 Å². The lowest BCUT2D eigenvalue weighted by Crippen LogP contribution is -2.46. The van der Waals surface area contributed by atoms with Gasteiger partial charge in [0.15, 0.2) is 5.82 Å². The van der Waals surface area contributed by atoms with E-state index < -0.39 is 0 Å². The summed E-state index contributed by atoms with van der Waals surface area (Å²) in [5.41, 5.74) is 0.496. The normalized spacial score (nSPS) is 14.2. The summed E-state index contributed by atoms with van der Waals surface area (Å²) in [6.07, 6.45) is 3.33. The highest BCUT2D eigenvalue weighted by atomic mass is 16.5. The van der Waals surface area contributed by atoms with Crippen molar-refractivity contribution >= 4 is 5.82 Å². The fraction of sp³-hybridized carbons (Fsp3) is 0.353. The van der Waals surface area contributed by atoms with Crippen molar-refractivity contribution in [1.29, 1.82) is 5.26 Å². The molecule has 1 aliphatic rings. The summed E-state index contributed by atoms with van der Waals surface area (Å²) in [5.74, 6) is 1.18. The summed E-state index contributed by atoms with van der Waals surface area (Å²) in [4.78, 5) is 18.8. The number of nitrogens with zero attached hydrogens (tertiary/aromatic N) is 4. The highest BCUT2D eigenvalue weighted by Gasteiger charge is 2.15. The first-order valence-corrected chi connectivity index (χ1v) is 7.92. The number of benzene rings is 1. The van der Waals surface area contributed by atoms with Gasteiger partial charge in [0.05, 0.1) is 18.2 Å². The van der Waals surface area contributed by atoms with Crippen molar-refractivity contribution in [2.75, 3.05) is 37.7 Å². The van der Waals surface area contributed by atoms with Crippen molar-refractivity contribution in [2.24, 2.45) is 0 Å². The smallest absolute Gasteiger partial charge is 0.293 e. The molecule has 7 nitrogen and oxygen atoms in total. The lowest BCUT2D eigenvalue weighted by Gasteiger charge is -2.27. The predicted octanol–water partition coefficient (Wildman–Crippen LogP) is 0.604. The van der Waals surface area contributed by atoms with Crippen molar-refractivity contribution in [3.8, 4) is 11.8 Å². The van der Waals surface area contributed by atoms with Crippen LogP contribution in [0.3, 0.4) is 0 Å². The van der Waals surface area contributed by atoms with E-state index in [9.17, 15) is 4.79 Å². The molecular weight excluding hydrogens is 306 g/mol. The molecule has 0 aliphatic carbocycles. The van der Waals surface area contributed by atoms with E-state index in [1.54, 1.807) is 41.2 Å². The van der Waals surface area contributed by atoms with Crippen LogP contribution >= 0.6 is 0 Å². The van der Waals surface area contributed by atoms with Crippen molar-refractivity contribution in [3.05, 3.63) is 52.6 Å². The maximum absolute atomic E-state index is 12.5. The van der Waals surface area contributed by atoms with Crippen LogP contribution in [0.1, 0.15) is 5.56 Å². The van der Waals surface area contributed by atoms with Crippen molar-refractivity contribution in [2.45, 2.75) is 6.54 Å². The largest absolute Gasteiger partial charge is 0.492 e. The first-order valence-electron chi connectivity index (χ1n) is 7.92. The lowest BCUT2D eigenvalue weighted by atomic mass is 10.2. The fourth-order valence-corrected chi connectivity index (χ4v) is 2.59. The Labute approximate surface area is 140 Å². The van der Waals surface area contributed by atoms with Gasteiger partial charge in [-0.05, 0) is 24.3 Å². The minimum Gasteiger partial charge on any atom is -0.492 e. The molecule has 1 N–H and O–H groups in total. The summed E-state index contributed by atoms with van der Waals surface area (Å²) in [6, 6.07) is 8.97. The standard InChI is InChI=1S/C17H19N5O2/c18-13-14-1-3-15(4-2-14)24-12-11-22-10-7-20-16(17(22)23)21-8-5-19-6-9-21/h1-4,7,10,19H,5-6,8-9,11-12H2. The first kappa shape index (κ1) is 16.0. The quantitative estimate of drug-likeness (QED) is 0.867. The third-order valence-electron chi connectivity index (χ3n) is 3.90. The molecule has 1 aliphatic heterocycles. The van der Waals surface area contributed by atoms with E-state index in [0.29, 0.717) is 30.3 Å². The Balaban J connectivity index is 1.62. The molecule has 0 saturated carbocycles. The van der Waals surface area contributed by atoms with Crippen LogP contribution in [0, 0.1) is 11.3 Å². The van der Waals surface area contributed by atoms with Crippen molar-refractivity contribution in [3.63, 3.8) is 0 Å². The van der Waals surface area contributed by atoms with Gasteiger partial charge >= 0.3 is 0 Å². The van der Waals surface area contributed by atoms with Gasteiger partial charge in [-0.2, -0.15) is 5.26 Å². The molecule has 2 heterocycles. The Kier molecular flexibility index (Phi) is 5.08. The molecule has 0 spiro atoms. The third-order valence-corrected chi connectivity index (χ3v) is 3.90. The second kappa shape index (κ2) is 7.62. The summed E-state index contributed by atoms with van der Waals surface area (Å²) >= 11 is 0. The van der Waals surface area contributed by atoms with Gasteiger partial charge in [0.1, 0.15) is 12.4 Å². The number of piperazine rings is 1. The fourth-order valence-electron chi connectivity index (χ4n) is 2.59. The molecule has 1 aromatic carbocycles. The van der Waals surface area contributed by atoms with Crippen LogP contribution in [0.15, 0.2) is 41.5 Å². The van der Waals surface area contributed by atoms with Gasteiger partial charge in [0.25, 0.3) is 5.56 Å². The Morgan fingerprint density at radius 1 is 1.25 bits per heavy atom. The van der Waals surface area contributed by atoms with E-state index in [0.717, 1.165) is 26.2 Å². The van der Waals surface area contributed by atoms with Gasteiger partial charge < -0.3 is 19.5 Å². The van der Waals surface area contributed by atoms with Gasteiger partial charge in [0, 0.05) is 38.6 Å². The van der Waals surface area contributed by atoms with Crippen molar-refractivity contribution in [1.82, 2.24) is 14.9 Å². The van der Waals surface area contributed by atoms with E-state index in [4.69, 9.17) is 10.00 Å². The van der Waals surface area contributed by atoms with E-state index in [-0.39, 0.29) is 5.56 Å². The van der Waals surface area contributed by atoms with Crippen LogP contribution in [0.4, 0.5) is 5.82 Å². The van der Waals surface area contributed by atoms with Crippen LogP contribution in [0.2, 0.25) is 0 Å². The maximum Gasteiger partial charge on any atom is 0.293 e. The summed E-state index contributed by atoms with van der Waals surface area (Å²) in [6.45, 7) is 4.11. The maximum atomic E-state index is 12.5. The number of nitrogens with one attached hydrogen (secondary N) is 1. The molecule has 0 atom stereocenters. The zero-order chi connectivity index (χ0) is 16.8. The summed E-state index contributed by atoms with van der Waals surface area (Å²) < 4.78 is 7.26.